The van der Waals surface area contributed by atoms with E-state index in [2.05, 4.69) is 4.72 Å². The molecule has 6 heteroatoms. The molecule has 0 spiro atoms. The van der Waals surface area contributed by atoms with E-state index in [-0.39, 0.29) is 6.04 Å². The van der Waals surface area contributed by atoms with Crippen molar-refractivity contribution in [3.8, 4) is 0 Å². The first kappa shape index (κ1) is 13.9. The summed E-state index contributed by atoms with van der Waals surface area (Å²) in [6, 6.07) is 5.39. The molecule has 18 heavy (non-hydrogen) atoms. The Morgan fingerprint density at radius 1 is 1.50 bits per heavy atom. The van der Waals surface area contributed by atoms with Crippen molar-refractivity contribution in [2.75, 3.05) is 11.5 Å². The Balaban J connectivity index is 2.27. The molecule has 0 radical (unpaired) electrons. The van der Waals surface area contributed by atoms with Crippen molar-refractivity contribution in [1.29, 1.82) is 0 Å². The molecule has 0 bridgehead atoms. The number of thioether (sulfide) groups is 1. The van der Waals surface area contributed by atoms with E-state index in [4.69, 9.17) is 5.73 Å². The molecule has 1 aromatic carbocycles. The molecule has 1 aliphatic rings. The summed E-state index contributed by atoms with van der Waals surface area (Å²) in [6.45, 7) is 2.15. The summed E-state index contributed by atoms with van der Waals surface area (Å²) >= 11 is 1.78. The molecule has 0 saturated carbocycles. The lowest BCUT2D eigenvalue weighted by molar-refractivity contribution is 0.562. The maximum atomic E-state index is 12.3. The van der Waals surface area contributed by atoms with Crippen molar-refractivity contribution in [2.45, 2.75) is 30.8 Å². The first-order valence-corrected chi connectivity index (χ1v) is 8.56. The highest BCUT2D eigenvalue weighted by atomic mass is 32.2. The molecule has 0 amide bonds. The molecular formula is C12H18N2O2S2. The predicted molar refractivity (Wildman–Crippen MR) is 75.1 cm³/mol. The average Bonchev–Trinajstić information content (AvgIpc) is 2.81. The standard InChI is InChI=1S/C12H18N2O2S2/c1-9-2-3-10(7-13)6-12(9)18(15,16)14-11-4-5-17-8-11/h2-3,6,11,14H,4-5,7-8,13H2,1H3. The van der Waals surface area contributed by atoms with Crippen LogP contribution in [0.5, 0.6) is 0 Å². The molecule has 1 fully saturated rings. The third kappa shape index (κ3) is 3.06. The van der Waals surface area contributed by atoms with E-state index in [0.29, 0.717) is 11.4 Å². The van der Waals surface area contributed by atoms with Gasteiger partial charge in [0.25, 0.3) is 0 Å². The van der Waals surface area contributed by atoms with Gasteiger partial charge in [-0.05, 0) is 36.3 Å². The van der Waals surface area contributed by atoms with Crippen molar-refractivity contribution in [3.63, 3.8) is 0 Å². The average molecular weight is 286 g/mol. The molecule has 1 aliphatic heterocycles. The van der Waals surface area contributed by atoms with Gasteiger partial charge in [0.1, 0.15) is 0 Å². The summed E-state index contributed by atoms with van der Waals surface area (Å²) in [5.74, 6) is 1.88. The minimum Gasteiger partial charge on any atom is -0.326 e. The summed E-state index contributed by atoms with van der Waals surface area (Å²) in [5, 5.41) is 0. The molecular weight excluding hydrogens is 268 g/mol. The fourth-order valence-corrected chi connectivity index (χ4v) is 4.79. The highest BCUT2D eigenvalue weighted by molar-refractivity contribution is 7.99. The van der Waals surface area contributed by atoms with Crippen molar-refractivity contribution in [1.82, 2.24) is 4.72 Å². The van der Waals surface area contributed by atoms with E-state index in [1.165, 1.54) is 0 Å². The lowest BCUT2D eigenvalue weighted by Crippen LogP contribution is -2.35. The highest BCUT2D eigenvalue weighted by Gasteiger charge is 2.24. The largest absolute Gasteiger partial charge is 0.326 e. The maximum Gasteiger partial charge on any atom is 0.241 e. The third-order valence-corrected chi connectivity index (χ3v) is 5.85. The zero-order chi connectivity index (χ0) is 13.2. The molecule has 1 unspecified atom stereocenters. The number of hydrogen-bond donors (Lipinski definition) is 2. The maximum absolute atomic E-state index is 12.3. The number of nitrogens with two attached hydrogens (primary N) is 1. The summed E-state index contributed by atoms with van der Waals surface area (Å²) in [7, 11) is -3.43. The molecule has 0 aliphatic carbocycles. The molecule has 3 N–H and O–H groups in total. The first-order chi connectivity index (χ1) is 8.53. The Morgan fingerprint density at radius 2 is 2.28 bits per heavy atom. The van der Waals surface area contributed by atoms with E-state index in [0.717, 1.165) is 29.1 Å². The van der Waals surface area contributed by atoms with Crippen molar-refractivity contribution in [3.05, 3.63) is 29.3 Å². The van der Waals surface area contributed by atoms with Crippen LogP contribution >= 0.6 is 11.8 Å². The molecule has 1 atom stereocenters. The second kappa shape index (κ2) is 5.61. The lowest BCUT2D eigenvalue weighted by atomic mass is 10.1. The number of sulfonamides is 1. The fourth-order valence-electron chi connectivity index (χ4n) is 1.97. The van der Waals surface area contributed by atoms with Gasteiger partial charge in [-0.3, -0.25) is 0 Å². The molecule has 0 aromatic heterocycles. The van der Waals surface area contributed by atoms with E-state index in [1.54, 1.807) is 30.8 Å². The Bertz CT molecular complexity index is 523. The zero-order valence-electron chi connectivity index (χ0n) is 10.3. The monoisotopic (exact) mass is 286 g/mol. The lowest BCUT2D eigenvalue weighted by Gasteiger charge is -2.14. The van der Waals surface area contributed by atoms with Crippen LogP contribution in [0.3, 0.4) is 0 Å². The van der Waals surface area contributed by atoms with Gasteiger partial charge in [0.2, 0.25) is 10.0 Å². The molecule has 100 valence electrons. The van der Waals surface area contributed by atoms with Crippen molar-refractivity contribution in [2.24, 2.45) is 5.73 Å². The summed E-state index contributed by atoms with van der Waals surface area (Å²) in [6.07, 6.45) is 0.902. The van der Waals surface area contributed by atoms with Gasteiger partial charge in [0.05, 0.1) is 4.90 Å². The first-order valence-electron chi connectivity index (χ1n) is 5.92. The van der Waals surface area contributed by atoms with Crippen LogP contribution in [0.15, 0.2) is 23.1 Å². The summed E-state index contributed by atoms with van der Waals surface area (Å²) in [5.41, 5.74) is 7.15. The normalized spacial score (nSPS) is 20.2. The number of benzene rings is 1. The molecule has 1 aromatic rings. The predicted octanol–water partition coefficient (Wildman–Crippen LogP) is 1.24. The quantitative estimate of drug-likeness (QED) is 0.873. The summed E-state index contributed by atoms with van der Waals surface area (Å²) in [4.78, 5) is 0.349. The zero-order valence-corrected chi connectivity index (χ0v) is 12.0. The van der Waals surface area contributed by atoms with Gasteiger partial charge in [-0.2, -0.15) is 11.8 Å². The number of rotatable bonds is 4. The van der Waals surface area contributed by atoms with E-state index < -0.39 is 10.0 Å². The summed E-state index contributed by atoms with van der Waals surface area (Å²) < 4.78 is 27.4. The minimum atomic E-state index is -3.43. The van der Waals surface area contributed by atoms with Crippen LogP contribution in [-0.4, -0.2) is 26.0 Å². The number of nitrogens with one attached hydrogen (secondary N) is 1. The third-order valence-electron chi connectivity index (χ3n) is 3.03. The van der Waals surface area contributed by atoms with Gasteiger partial charge < -0.3 is 5.73 Å². The van der Waals surface area contributed by atoms with E-state index in [1.807, 2.05) is 6.07 Å². The second-order valence-corrected chi connectivity index (χ2v) is 7.32. The fraction of sp³-hybridized carbons (Fsp3) is 0.500. The highest BCUT2D eigenvalue weighted by Crippen LogP contribution is 2.21. The van der Waals surface area contributed by atoms with Crippen LogP contribution in [0.25, 0.3) is 0 Å². The SMILES string of the molecule is Cc1ccc(CN)cc1S(=O)(=O)NC1CCSC1. The molecule has 1 heterocycles. The smallest absolute Gasteiger partial charge is 0.241 e. The molecule has 4 nitrogen and oxygen atoms in total. The van der Waals surface area contributed by atoms with Crippen molar-refractivity contribution < 1.29 is 8.42 Å². The van der Waals surface area contributed by atoms with Crippen LogP contribution in [-0.2, 0) is 16.6 Å². The van der Waals surface area contributed by atoms with Crippen molar-refractivity contribution >= 4 is 21.8 Å². The van der Waals surface area contributed by atoms with E-state index >= 15 is 0 Å². The van der Waals surface area contributed by atoms with E-state index in [9.17, 15) is 8.42 Å². The number of aryl methyl sites for hydroxylation is 1. The van der Waals surface area contributed by atoms with Gasteiger partial charge in [0, 0.05) is 18.3 Å². The Labute approximate surface area is 112 Å². The molecule has 2 rings (SSSR count). The van der Waals surface area contributed by atoms with Crippen LogP contribution in [0.1, 0.15) is 17.5 Å². The van der Waals surface area contributed by atoms with Crippen LogP contribution in [0.4, 0.5) is 0 Å². The topological polar surface area (TPSA) is 72.2 Å². The van der Waals surface area contributed by atoms with Gasteiger partial charge in [0.15, 0.2) is 0 Å². The Hall–Kier alpha value is -0.560. The van der Waals surface area contributed by atoms with Gasteiger partial charge >= 0.3 is 0 Å². The number of hydrogen-bond acceptors (Lipinski definition) is 4. The van der Waals surface area contributed by atoms with Gasteiger partial charge in [-0.1, -0.05) is 12.1 Å². The molecule has 1 saturated heterocycles. The Morgan fingerprint density at radius 3 is 2.89 bits per heavy atom. The van der Waals surface area contributed by atoms with Gasteiger partial charge in [-0.15, -0.1) is 0 Å². The van der Waals surface area contributed by atoms with Crippen LogP contribution < -0.4 is 10.5 Å². The van der Waals surface area contributed by atoms with Crippen LogP contribution in [0, 0.1) is 6.92 Å². The minimum absolute atomic E-state index is 0.0564. The van der Waals surface area contributed by atoms with Crippen LogP contribution in [0.2, 0.25) is 0 Å². The second-order valence-electron chi connectivity index (χ2n) is 4.49. The Kier molecular flexibility index (Phi) is 4.32. The van der Waals surface area contributed by atoms with Gasteiger partial charge in [-0.25, -0.2) is 13.1 Å².